The third kappa shape index (κ3) is 3.16. The van der Waals surface area contributed by atoms with Crippen molar-refractivity contribution >= 4 is 40.2 Å². The largest absolute Gasteiger partial charge is 0.477 e. The Morgan fingerprint density at radius 1 is 1.00 bits per heavy atom. The summed E-state index contributed by atoms with van der Waals surface area (Å²) >= 11 is 2.64. The molecule has 0 saturated carbocycles. The Hall–Kier alpha value is -1.92. The molecular weight excluding hydrogens is 344 g/mol. The van der Waals surface area contributed by atoms with Crippen molar-refractivity contribution in [3.05, 3.63) is 48.3 Å². The van der Waals surface area contributed by atoms with Crippen molar-refractivity contribution in [2.45, 2.75) is 39.5 Å². The molecule has 0 amide bonds. The van der Waals surface area contributed by atoms with Gasteiger partial charge in [-0.25, -0.2) is 9.59 Å². The molecule has 1 aliphatic rings. The van der Waals surface area contributed by atoms with Gasteiger partial charge in [-0.1, -0.05) is 5.57 Å². The monoisotopic (exact) mass is 362 g/mol. The van der Waals surface area contributed by atoms with Crippen LogP contribution in [0.3, 0.4) is 0 Å². The van der Waals surface area contributed by atoms with E-state index in [4.69, 9.17) is 5.11 Å². The molecular formula is C18H18O4S2. The fraction of sp³-hybridized carbons (Fsp3) is 0.333. The first-order valence-corrected chi connectivity index (χ1v) is 9.37. The Kier molecular flexibility index (Phi) is 4.60. The second kappa shape index (κ2) is 6.53. The number of aryl methyl sites for hydroxylation is 2. The first-order chi connectivity index (χ1) is 11.4. The van der Waals surface area contributed by atoms with Crippen LogP contribution in [0.1, 0.15) is 59.5 Å². The first kappa shape index (κ1) is 16.9. The highest BCUT2D eigenvalue weighted by molar-refractivity contribution is 7.14. The molecule has 4 nitrogen and oxygen atoms in total. The maximum Gasteiger partial charge on any atom is 0.345 e. The predicted octanol–water partition coefficient (Wildman–Crippen LogP) is 5.00. The molecule has 6 heteroatoms. The molecule has 0 bridgehead atoms. The zero-order valence-electron chi connectivity index (χ0n) is 13.5. The minimum Gasteiger partial charge on any atom is -0.477 e. The van der Waals surface area contributed by atoms with Crippen LogP contribution >= 0.6 is 22.7 Å². The van der Waals surface area contributed by atoms with E-state index >= 15 is 0 Å². The van der Waals surface area contributed by atoms with Gasteiger partial charge in [-0.15, -0.1) is 22.7 Å². The van der Waals surface area contributed by atoms with E-state index in [2.05, 4.69) is 0 Å². The average Bonchev–Trinajstić information content (AvgIpc) is 3.19. The van der Waals surface area contributed by atoms with Crippen LogP contribution in [0.4, 0.5) is 0 Å². The van der Waals surface area contributed by atoms with Crippen LogP contribution in [-0.4, -0.2) is 22.2 Å². The highest BCUT2D eigenvalue weighted by Gasteiger charge is 2.22. The van der Waals surface area contributed by atoms with Crippen LogP contribution in [0.2, 0.25) is 0 Å². The predicted molar refractivity (Wildman–Crippen MR) is 96.5 cm³/mol. The first-order valence-electron chi connectivity index (χ1n) is 7.74. The SMILES string of the molecule is Cc1sc(C(=O)O)cc1CC1=C(c2cc(C(=O)O)sc2C)CCC1. The standard InChI is InChI=1S/C18H18O4S2/c1-9-12(7-15(23-9)17(19)20)6-11-4-3-5-13(11)14-8-16(18(21)22)24-10(14)2/h7-8H,3-6H2,1-2H3,(H,19,20)(H,21,22). The fourth-order valence-electron chi connectivity index (χ4n) is 3.24. The molecule has 0 radical (unpaired) electrons. The number of hydrogen-bond donors (Lipinski definition) is 2. The van der Waals surface area contributed by atoms with E-state index < -0.39 is 11.9 Å². The van der Waals surface area contributed by atoms with E-state index in [-0.39, 0.29) is 0 Å². The lowest BCUT2D eigenvalue weighted by molar-refractivity contribution is 0.0691. The Bertz CT molecular complexity index is 854. The second-order valence-corrected chi connectivity index (χ2v) is 8.51. The summed E-state index contributed by atoms with van der Waals surface area (Å²) in [4.78, 5) is 25.2. The summed E-state index contributed by atoms with van der Waals surface area (Å²) in [5, 5.41) is 18.3. The smallest absolute Gasteiger partial charge is 0.345 e. The van der Waals surface area contributed by atoms with Gasteiger partial charge >= 0.3 is 11.9 Å². The van der Waals surface area contributed by atoms with Crippen LogP contribution in [0.15, 0.2) is 17.7 Å². The molecule has 1 aliphatic carbocycles. The highest BCUT2D eigenvalue weighted by atomic mass is 32.1. The Labute approximate surface area is 148 Å². The number of thiophene rings is 2. The zero-order valence-corrected chi connectivity index (χ0v) is 15.1. The normalized spacial score (nSPS) is 14.4. The summed E-state index contributed by atoms with van der Waals surface area (Å²) in [6.07, 6.45) is 3.77. The van der Waals surface area contributed by atoms with Gasteiger partial charge in [0.15, 0.2) is 0 Å². The molecule has 126 valence electrons. The molecule has 2 heterocycles. The maximum absolute atomic E-state index is 11.2. The van der Waals surface area contributed by atoms with Crippen molar-refractivity contribution in [3.63, 3.8) is 0 Å². The molecule has 24 heavy (non-hydrogen) atoms. The van der Waals surface area contributed by atoms with Gasteiger partial charge in [0.05, 0.1) is 0 Å². The summed E-state index contributed by atoms with van der Waals surface area (Å²) in [5.41, 5.74) is 4.68. The van der Waals surface area contributed by atoms with Gasteiger partial charge in [0, 0.05) is 9.75 Å². The lowest BCUT2D eigenvalue weighted by atomic mass is 9.97. The molecule has 2 aromatic rings. The number of carboxylic acids is 2. The van der Waals surface area contributed by atoms with Gasteiger partial charge in [-0.05, 0) is 68.4 Å². The number of hydrogen-bond acceptors (Lipinski definition) is 4. The van der Waals surface area contributed by atoms with E-state index in [1.807, 2.05) is 13.8 Å². The molecule has 0 spiro atoms. The van der Waals surface area contributed by atoms with E-state index in [9.17, 15) is 14.7 Å². The summed E-state index contributed by atoms with van der Waals surface area (Å²) in [6.45, 7) is 3.92. The summed E-state index contributed by atoms with van der Waals surface area (Å²) in [6, 6.07) is 3.56. The van der Waals surface area contributed by atoms with Crippen LogP contribution in [0.25, 0.3) is 5.57 Å². The molecule has 0 fully saturated rings. The third-order valence-electron chi connectivity index (χ3n) is 4.42. The van der Waals surface area contributed by atoms with E-state index in [0.29, 0.717) is 9.75 Å². The van der Waals surface area contributed by atoms with Gasteiger partial charge in [0.2, 0.25) is 0 Å². The van der Waals surface area contributed by atoms with E-state index in [0.717, 1.165) is 46.6 Å². The molecule has 3 rings (SSSR count). The highest BCUT2D eigenvalue weighted by Crippen LogP contribution is 2.40. The molecule has 0 atom stereocenters. The fourth-order valence-corrected chi connectivity index (χ4v) is 5.01. The minimum absolute atomic E-state index is 0.376. The third-order valence-corrected chi connectivity index (χ3v) is 6.54. The minimum atomic E-state index is -0.880. The van der Waals surface area contributed by atoms with Crippen molar-refractivity contribution in [1.82, 2.24) is 0 Å². The van der Waals surface area contributed by atoms with Gasteiger partial charge < -0.3 is 10.2 Å². The maximum atomic E-state index is 11.2. The number of carbonyl (C=O) groups is 2. The molecule has 2 aromatic heterocycles. The van der Waals surface area contributed by atoms with Crippen molar-refractivity contribution in [1.29, 1.82) is 0 Å². The summed E-state index contributed by atoms with van der Waals surface area (Å²) in [7, 11) is 0. The number of rotatable bonds is 5. The topological polar surface area (TPSA) is 74.6 Å². The summed E-state index contributed by atoms with van der Waals surface area (Å²) < 4.78 is 0. The second-order valence-electron chi connectivity index (χ2n) is 6.00. The lowest BCUT2D eigenvalue weighted by Crippen LogP contribution is -1.94. The van der Waals surface area contributed by atoms with Crippen molar-refractivity contribution in [3.8, 4) is 0 Å². The number of allylic oxidation sites excluding steroid dienone is 2. The Morgan fingerprint density at radius 3 is 2.21 bits per heavy atom. The number of carboxylic acid groups (broad SMARTS) is 2. The van der Waals surface area contributed by atoms with E-state index in [1.54, 1.807) is 12.1 Å². The molecule has 0 saturated heterocycles. The van der Waals surface area contributed by atoms with Crippen molar-refractivity contribution < 1.29 is 19.8 Å². The van der Waals surface area contributed by atoms with Crippen molar-refractivity contribution in [2.75, 3.05) is 0 Å². The van der Waals surface area contributed by atoms with Gasteiger partial charge in [0.1, 0.15) is 9.75 Å². The van der Waals surface area contributed by atoms with Gasteiger partial charge in [0.25, 0.3) is 0 Å². The average molecular weight is 362 g/mol. The lowest BCUT2D eigenvalue weighted by Gasteiger charge is -2.07. The van der Waals surface area contributed by atoms with E-state index in [1.165, 1.54) is 33.8 Å². The summed E-state index contributed by atoms with van der Waals surface area (Å²) in [5.74, 6) is -1.76. The van der Waals surface area contributed by atoms with Gasteiger partial charge in [-0.2, -0.15) is 0 Å². The molecule has 0 unspecified atom stereocenters. The van der Waals surface area contributed by atoms with Crippen LogP contribution in [0.5, 0.6) is 0 Å². The Balaban J connectivity index is 1.96. The molecule has 0 aromatic carbocycles. The Morgan fingerprint density at radius 2 is 1.62 bits per heavy atom. The zero-order chi connectivity index (χ0) is 17.4. The van der Waals surface area contributed by atoms with Crippen LogP contribution in [0, 0.1) is 13.8 Å². The molecule has 2 N–H and O–H groups in total. The van der Waals surface area contributed by atoms with Crippen molar-refractivity contribution in [2.24, 2.45) is 0 Å². The van der Waals surface area contributed by atoms with Gasteiger partial charge in [-0.3, -0.25) is 0 Å². The van der Waals surface area contributed by atoms with Crippen LogP contribution < -0.4 is 0 Å². The number of aromatic carboxylic acids is 2. The quantitative estimate of drug-likeness (QED) is 0.784. The van der Waals surface area contributed by atoms with Crippen LogP contribution in [-0.2, 0) is 6.42 Å². The molecule has 0 aliphatic heterocycles.